The van der Waals surface area contributed by atoms with Gasteiger partial charge in [-0.25, -0.2) is 0 Å². The Morgan fingerprint density at radius 1 is 1.29 bits per heavy atom. The average molecular weight is 258 g/mol. The van der Waals surface area contributed by atoms with Gasteiger partial charge in [0.1, 0.15) is 12.2 Å². The SMILES string of the molecule is C[C@@H]1C=C[C@H](O)[C@@H](CO[Si](C)(C)C(C)(C)C)O1. The van der Waals surface area contributed by atoms with E-state index >= 15 is 0 Å². The Morgan fingerprint density at radius 3 is 2.41 bits per heavy atom. The summed E-state index contributed by atoms with van der Waals surface area (Å²) < 4.78 is 11.7. The summed E-state index contributed by atoms with van der Waals surface area (Å²) >= 11 is 0. The van der Waals surface area contributed by atoms with E-state index in [1.807, 2.05) is 13.0 Å². The van der Waals surface area contributed by atoms with E-state index in [1.54, 1.807) is 6.08 Å². The maximum Gasteiger partial charge on any atom is 0.192 e. The minimum Gasteiger partial charge on any atom is -0.414 e. The molecule has 1 N–H and O–H groups in total. The van der Waals surface area contributed by atoms with Crippen LogP contribution in [0.2, 0.25) is 18.1 Å². The van der Waals surface area contributed by atoms with E-state index < -0.39 is 14.4 Å². The monoisotopic (exact) mass is 258 g/mol. The third-order valence-electron chi connectivity index (χ3n) is 3.76. The molecule has 0 amide bonds. The van der Waals surface area contributed by atoms with Crippen LogP contribution in [0.1, 0.15) is 27.7 Å². The van der Waals surface area contributed by atoms with Crippen molar-refractivity contribution >= 4 is 8.32 Å². The van der Waals surface area contributed by atoms with Crippen molar-refractivity contribution in [3.63, 3.8) is 0 Å². The molecule has 1 rings (SSSR count). The molecule has 0 saturated carbocycles. The van der Waals surface area contributed by atoms with Gasteiger partial charge in [0.15, 0.2) is 8.32 Å². The van der Waals surface area contributed by atoms with Crippen LogP contribution < -0.4 is 0 Å². The van der Waals surface area contributed by atoms with Gasteiger partial charge in [-0.15, -0.1) is 0 Å². The molecule has 0 unspecified atom stereocenters. The summed E-state index contributed by atoms with van der Waals surface area (Å²) in [5.74, 6) is 0. The lowest BCUT2D eigenvalue weighted by Crippen LogP contribution is -2.46. The van der Waals surface area contributed by atoms with Gasteiger partial charge in [0.25, 0.3) is 0 Å². The third-order valence-corrected chi connectivity index (χ3v) is 8.27. The van der Waals surface area contributed by atoms with Crippen molar-refractivity contribution in [1.82, 2.24) is 0 Å². The number of hydrogen-bond donors (Lipinski definition) is 1. The highest BCUT2D eigenvalue weighted by atomic mass is 28.4. The van der Waals surface area contributed by atoms with Crippen LogP contribution in [0.15, 0.2) is 12.2 Å². The van der Waals surface area contributed by atoms with Gasteiger partial charge >= 0.3 is 0 Å². The molecule has 0 aromatic rings. The summed E-state index contributed by atoms with van der Waals surface area (Å²) in [5.41, 5.74) is 0. The number of hydrogen-bond acceptors (Lipinski definition) is 3. The van der Waals surface area contributed by atoms with E-state index in [0.717, 1.165) is 0 Å². The van der Waals surface area contributed by atoms with Crippen molar-refractivity contribution < 1.29 is 14.3 Å². The van der Waals surface area contributed by atoms with Crippen LogP contribution in [0.5, 0.6) is 0 Å². The molecule has 0 saturated heterocycles. The molecule has 0 fully saturated rings. The normalized spacial score (nSPS) is 30.6. The number of aliphatic hydroxyl groups excluding tert-OH is 1. The molecular formula is C13H26O3Si. The minimum atomic E-state index is -1.76. The van der Waals surface area contributed by atoms with Crippen LogP contribution in [0.3, 0.4) is 0 Å². The number of rotatable bonds is 3. The average Bonchev–Trinajstić information content (AvgIpc) is 2.18. The molecule has 3 atom stereocenters. The van der Waals surface area contributed by atoms with Gasteiger partial charge in [-0.1, -0.05) is 32.9 Å². The summed E-state index contributed by atoms with van der Waals surface area (Å²) in [6.07, 6.45) is 2.97. The highest BCUT2D eigenvalue weighted by Crippen LogP contribution is 2.36. The lowest BCUT2D eigenvalue weighted by molar-refractivity contribution is -0.0710. The first-order valence-electron chi connectivity index (χ1n) is 6.29. The molecule has 0 radical (unpaired) electrons. The van der Waals surface area contributed by atoms with Gasteiger partial charge in [-0.2, -0.15) is 0 Å². The Labute approximate surface area is 106 Å². The molecule has 1 aliphatic rings. The van der Waals surface area contributed by atoms with Gasteiger partial charge < -0.3 is 14.3 Å². The quantitative estimate of drug-likeness (QED) is 0.625. The molecule has 0 aromatic carbocycles. The van der Waals surface area contributed by atoms with Crippen LogP contribution in [-0.4, -0.2) is 38.3 Å². The van der Waals surface area contributed by atoms with Gasteiger partial charge in [-0.3, -0.25) is 0 Å². The smallest absolute Gasteiger partial charge is 0.192 e. The fourth-order valence-electron chi connectivity index (χ4n) is 1.44. The predicted octanol–water partition coefficient (Wildman–Crippen LogP) is 2.71. The molecule has 1 heterocycles. The maximum absolute atomic E-state index is 9.81. The molecule has 0 aromatic heterocycles. The molecule has 0 aliphatic carbocycles. The molecule has 100 valence electrons. The standard InChI is InChI=1S/C13H26O3Si/c1-10-7-8-11(14)12(16-10)9-15-17(5,6)13(2,3)4/h7-8,10-12,14H,9H2,1-6H3/t10-,11+,12-/m1/s1. The van der Waals surface area contributed by atoms with Gasteiger partial charge in [0, 0.05) is 0 Å². The Morgan fingerprint density at radius 2 is 1.88 bits per heavy atom. The minimum absolute atomic E-state index is 0.0615. The van der Waals surface area contributed by atoms with Crippen molar-refractivity contribution in [2.45, 2.75) is 64.1 Å². The highest BCUT2D eigenvalue weighted by Gasteiger charge is 2.38. The van der Waals surface area contributed by atoms with E-state index in [2.05, 4.69) is 33.9 Å². The molecule has 1 aliphatic heterocycles. The largest absolute Gasteiger partial charge is 0.414 e. The summed E-state index contributed by atoms with van der Waals surface area (Å²) in [7, 11) is -1.76. The fraction of sp³-hybridized carbons (Fsp3) is 0.846. The summed E-state index contributed by atoms with van der Waals surface area (Å²) in [6.45, 7) is 13.5. The van der Waals surface area contributed by atoms with Crippen molar-refractivity contribution in [2.75, 3.05) is 6.61 Å². The molecule has 0 bridgehead atoms. The molecule has 0 spiro atoms. The van der Waals surface area contributed by atoms with Crippen molar-refractivity contribution in [3.05, 3.63) is 12.2 Å². The highest BCUT2D eigenvalue weighted by molar-refractivity contribution is 6.74. The number of ether oxygens (including phenoxy) is 1. The summed E-state index contributed by atoms with van der Waals surface area (Å²) in [4.78, 5) is 0. The van der Waals surface area contributed by atoms with Crippen LogP contribution >= 0.6 is 0 Å². The molecule has 3 nitrogen and oxygen atoms in total. The summed E-state index contributed by atoms with van der Waals surface area (Å²) in [6, 6.07) is 0. The van der Waals surface area contributed by atoms with E-state index in [0.29, 0.717) is 6.61 Å². The second-order valence-corrected chi connectivity index (χ2v) is 11.1. The van der Waals surface area contributed by atoms with Crippen LogP contribution in [0.25, 0.3) is 0 Å². The van der Waals surface area contributed by atoms with Crippen LogP contribution in [0, 0.1) is 0 Å². The van der Waals surface area contributed by atoms with Crippen LogP contribution in [-0.2, 0) is 9.16 Å². The lowest BCUT2D eigenvalue weighted by atomic mass is 10.1. The van der Waals surface area contributed by atoms with Gasteiger partial charge in [-0.05, 0) is 25.1 Å². The zero-order valence-electron chi connectivity index (χ0n) is 11.9. The van der Waals surface area contributed by atoms with Crippen molar-refractivity contribution in [3.8, 4) is 0 Å². The topological polar surface area (TPSA) is 38.7 Å². The van der Waals surface area contributed by atoms with Crippen molar-refractivity contribution in [2.24, 2.45) is 0 Å². The fourth-order valence-corrected chi connectivity index (χ4v) is 2.45. The maximum atomic E-state index is 9.81. The van der Waals surface area contributed by atoms with E-state index in [4.69, 9.17) is 9.16 Å². The zero-order valence-corrected chi connectivity index (χ0v) is 12.9. The lowest BCUT2D eigenvalue weighted by Gasteiger charge is -2.38. The van der Waals surface area contributed by atoms with Crippen molar-refractivity contribution in [1.29, 1.82) is 0 Å². The van der Waals surface area contributed by atoms with E-state index in [9.17, 15) is 5.11 Å². The van der Waals surface area contributed by atoms with Gasteiger partial charge in [0.05, 0.1) is 12.7 Å². The van der Waals surface area contributed by atoms with Crippen LogP contribution in [0.4, 0.5) is 0 Å². The Kier molecular flexibility index (Phi) is 4.58. The predicted molar refractivity (Wildman–Crippen MR) is 72.6 cm³/mol. The Hall–Kier alpha value is -0.163. The second kappa shape index (κ2) is 5.22. The van der Waals surface area contributed by atoms with Gasteiger partial charge in [0.2, 0.25) is 0 Å². The Balaban J connectivity index is 2.54. The molecular weight excluding hydrogens is 232 g/mol. The molecule has 4 heteroatoms. The first-order valence-corrected chi connectivity index (χ1v) is 9.20. The van der Waals surface area contributed by atoms with E-state index in [-0.39, 0.29) is 17.2 Å². The first kappa shape index (κ1) is 14.9. The zero-order chi connectivity index (χ0) is 13.3. The van der Waals surface area contributed by atoms with E-state index in [1.165, 1.54) is 0 Å². The summed E-state index contributed by atoms with van der Waals surface area (Å²) in [5, 5.41) is 10.00. The number of aliphatic hydroxyl groups is 1. The first-order chi connectivity index (χ1) is 7.63. The third kappa shape index (κ3) is 3.91. The second-order valence-electron chi connectivity index (χ2n) is 6.33. The Bertz CT molecular complexity index is 281. The molecule has 17 heavy (non-hydrogen) atoms.